The number of carbonyl (C=O) groups excluding carboxylic acids is 1. The molecule has 0 aromatic heterocycles. The van der Waals surface area contributed by atoms with Gasteiger partial charge in [0, 0.05) is 13.5 Å². The summed E-state index contributed by atoms with van der Waals surface area (Å²) in [4.78, 5) is 10.7. The topological polar surface area (TPSA) is 73.6 Å². The Morgan fingerprint density at radius 1 is 1.54 bits per heavy atom. The zero-order valence-electron chi connectivity index (χ0n) is 8.21. The first-order valence-electron chi connectivity index (χ1n) is 4.30. The number of rotatable bonds is 7. The van der Waals surface area contributed by atoms with E-state index in [0.717, 1.165) is 0 Å². The molecule has 13 heavy (non-hydrogen) atoms. The minimum Gasteiger partial charge on any atom is -0.382 e. The second kappa shape index (κ2) is 7.97. The van der Waals surface area contributed by atoms with Crippen molar-refractivity contribution in [2.45, 2.75) is 25.9 Å². The fourth-order valence-corrected chi connectivity index (χ4v) is 0.822. The number of carbonyl (C=O) groups is 1. The van der Waals surface area contributed by atoms with Gasteiger partial charge in [0.15, 0.2) is 0 Å². The van der Waals surface area contributed by atoms with Gasteiger partial charge in [0.25, 0.3) is 0 Å². The van der Waals surface area contributed by atoms with Gasteiger partial charge in [-0.05, 0) is 13.3 Å². The highest BCUT2D eigenvalue weighted by molar-refractivity contribution is 5.75. The smallest absolute Gasteiger partial charge is 0.233 e. The summed E-state index contributed by atoms with van der Waals surface area (Å²) in [5.74, 6) is 4.75. The fraction of sp³-hybridized carbons (Fsp3) is 0.875. The molecule has 0 radical (unpaired) electrons. The van der Waals surface area contributed by atoms with Gasteiger partial charge in [-0.25, -0.2) is 5.84 Å². The van der Waals surface area contributed by atoms with Crippen LogP contribution in [-0.2, 0) is 14.3 Å². The summed E-state index contributed by atoms with van der Waals surface area (Å²) in [5.41, 5.74) is 2.07. The van der Waals surface area contributed by atoms with Gasteiger partial charge in [0.05, 0.1) is 19.3 Å². The molecule has 0 aromatic carbocycles. The van der Waals surface area contributed by atoms with Gasteiger partial charge in [-0.2, -0.15) is 0 Å². The number of hydrazine groups is 1. The molecule has 0 rings (SSSR count). The number of nitrogens with one attached hydrogen (secondary N) is 1. The van der Waals surface area contributed by atoms with E-state index in [1.807, 2.05) is 6.92 Å². The first-order valence-corrected chi connectivity index (χ1v) is 4.30. The standard InChI is InChI=1S/C8H18N2O3/c1-7(13-6-5-12-2)3-4-8(11)10-9/h7H,3-6,9H2,1-2H3,(H,10,11). The molecule has 0 heterocycles. The average molecular weight is 190 g/mol. The lowest BCUT2D eigenvalue weighted by Gasteiger charge is -2.11. The van der Waals surface area contributed by atoms with Crippen LogP contribution in [0.4, 0.5) is 0 Å². The van der Waals surface area contributed by atoms with Gasteiger partial charge in [-0.3, -0.25) is 10.2 Å². The summed E-state index contributed by atoms with van der Waals surface area (Å²) in [6.07, 6.45) is 1.13. The highest BCUT2D eigenvalue weighted by Crippen LogP contribution is 2.00. The van der Waals surface area contributed by atoms with E-state index in [4.69, 9.17) is 15.3 Å². The first kappa shape index (κ1) is 12.3. The second-order valence-electron chi connectivity index (χ2n) is 2.78. The SMILES string of the molecule is COCCOC(C)CCC(=O)NN. The first-order chi connectivity index (χ1) is 6.20. The Hall–Kier alpha value is -0.650. The highest BCUT2D eigenvalue weighted by Gasteiger charge is 2.05. The largest absolute Gasteiger partial charge is 0.382 e. The van der Waals surface area contributed by atoms with Crippen molar-refractivity contribution in [1.82, 2.24) is 5.43 Å². The third-order valence-corrected chi connectivity index (χ3v) is 1.63. The van der Waals surface area contributed by atoms with Crippen LogP contribution < -0.4 is 11.3 Å². The summed E-state index contributed by atoms with van der Waals surface area (Å²) in [6.45, 7) is 3.05. The van der Waals surface area contributed by atoms with Crippen molar-refractivity contribution in [3.8, 4) is 0 Å². The van der Waals surface area contributed by atoms with Crippen LogP contribution in [0, 0.1) is 0 Å². The summed E-state index contributed by atoms with van der Waals surface area (Å²) in [5, 5.41) is 0. The van der Waals surface area contributed by atoms with Crippen molar-refractivity contribution in [3.05, 3.63) is 0 Å². The molecule has 0 aliphatic carbocycles. The van der Waals surface area contributed by atoms with Crippen LogP contribution in [0.25, 0.3) is 0 Å². The Labute approximate surface area is 78.5 Å². The van der Waals surface area contributed by atoms with Crippen LogP contribution in [0.15, 0.2) is 0 Å². The van der Waals surface area contributed by atoms with E-state index < -0.39 is 0 Å². The van der Waals surface area contributed by atoms with Crippen LogP contribution in [0.5, 0.6) is 0 Å². The number of amides is 1. The average Bonchev–Trinajstić information content (AvgIpc) is 2.14. The summed E-state index contributed by atoms with van der Waals surface area (Å²) in [7, 11) is 1.62. The van der Waals surface area contributed by atoms with E-state index in [0.29, 0.717) is 26.1 Å². The van der Waals surface area contributed by atoms with Crippen molar-refractivity contribution in [2.75, 3.05) is 20.3 Å². The Morgan fingerprint density at radius 3 is 2.77 bits per heavy atom. The molecule has 0 bridgehead atoms. The van der Waals surface area contributed by atoms with Crippen molar-refractivity contribution in [3.63, 3.8) is 0 Å². The maximum atomic E-state index is 10.7. The lowest BCUT2D eigenvalue weighted by molar-refractivity contribution is -0.121. The van der Waals surface area contributed by atoms with Gasteiger partial charge in [-0.1, -0.05) is 0 Å². The molecular weight excluding hydrogens is 172 g/mol. The quantitative estimate of drug-likeness (QED) is 0.252. The van der Waals surface area contributed by atoms with Crippen LogP contribution >= 0.6 is 0 Å². The zero-order valence-corrected chi connectivity index (χ0v) is 8.21. The number of nitrogens with two attached hydrogens (primary N) is 1. The molecule has 0 aliphatic rings. The molecule has 5 heteroatoms. The minimum atomic E-state index is -0.165. The zero-order chi connectivity index (χ0) is 10.1. The van der Waals surface area contributed by atoms with Crippen molar-refractivity contribution >= 4 is 5.91 Å². The molecule has 1 amide bonds. The number of hydrogen-bond acceptors (Lipinski definition) is 4. The molecule has 0 saturated carbocycles. The molecule has 0 aromatic rings. The minimum absolute atomic E-state index is 0.0625. The molecule has 1 unspecified atom stereocenters. The molecule has 0 aliphatic heterocycles. The molecule has 0 fully saturated rings. The van der Waals surface area contributed by atoms with Crippen molar-refractivity contribution in [1.29, 1.82) is 0 Å². The Kier molecular flexibility index (Phi) is 7.57. The van der Waals surface area contributed by atoms with Gasteiger partial charge < -0.3 is 9.47 Å². The van der Waals surface area contributed by atoms with E-state index in [-0.39, 0.29) is 12.0 Å². The Bertz CT molecular complexity index is 141. The van der Waals surface area contributed by atoms with Gasteiger partial charge >= 0.3 is 0 Å². The summed E-state index contributed by atoms with van der Waals surface area (Å²) < 4.78 is 10.1. The van der Waals surface area contributed by atoms with E-state index in [1.54, 1.807) is 7.11 Å². The van der Waals surface area contributed by atoms with Crippen LogP contribution in [0.3, 0.4) is 0 Å². The lowest BCUT2D eigenvalue weighted by Crippen LogP contribution is -2.30. The predicted molar refractivity (Wildman–Crippen MR) is 48.9 cm³/mol. The van der Waals surface area contributed by atoms with Gasteiger partial charge in [0.2, 0.25) is 5.91 Å². The maximum absolute atomic E-state index is 10.7. The van der Waals surface area contributed by atoms with Gasteiger partial charge in [-0.15, -0.1) is 0 Å². The molecule has 1 atom stereocenters. The Balaban J connectivity index is 3.29. The van der Waals surface area contributed by atoms with Crippen LogP contribution in [0.2, 0.25) is 0 Å². The van der Waals surface area contributed by atoms with Crippen LogP contribution in [0.1, 0.15) is 19.8 Å². The number of ether oxygens (including phenoxy) is 2. The molecular formula is C8H18N2O3. The lowest BCUT2D eigenvalue weighted by atomic mass is 10.2. The van der Waals surface area contributed by atoms with E-state index >= 15 is 0 Å². The summed E-state index contributed by atoms with van der Waals surface area (Å²) >= 11 is 0. The van der Waals surface area contributed by atoms with E-state index in [1.165, 1.54) is 0 Å². The summed E-state index contributed by atoms with van der Waals surface area (Å²) in [6, 6.07) is 0. The van der Waals surface area contributed by atoms with Crippen molar-refractivity contribution < 1.29 is 14.3 Å². The molecule has 0 spiro atoms. The monoisotopic (exact) mass is 190 g/mol. The van der Waals surface area contributed by atoms with Crippen molar-refractivity contribution in [2.24, 2.45) is 5.84 Å². The number of methoxy groups -OCH3 is 1. The van der Waals surface area contributed by atoms with E-state index in [2.05, 4.69) is 5.43 Å². The fourth-order valence-electron chi connectivity index (χ4n) is 0.822. The second-order valence-corrected chi connectivity index (χ2v) is 2.78. The van der Waals surface area contributed by atoms with Gasteiger partial charge in [0.1, 0.15) is 0 Å². The normalized spacial score (nSPS) is 12.5. The number of hydrogen-bond donors (Lipinski definition) is 2. The highest BCUT2D eigenvalue weighted by atomic mass is 16.5. The maximum Gasteiger partial charge on any atom is 0.233 e. The van der Waals surface area contributed by atoms with E-state index in [9.17, 15) is 4.79 Å². The third-order valence-electron chi connectivity index (χ3n) is 1.63. The molecule has 78 valence electrons. The third kappa shape index (κ3) is 7.70. The molecule has 0 saturated heterocycles. The van der Waals surface area contributed by atoms with Crippen LogP contribution in [-0.4, -0.2) is 32.3 Å². The Morgan fingerprint density at radius 2 is 2.23 bits per heavy atom. The predicted octanol–water partition coefficient (Wildman–Crippen LogP) is -0.192. The molecule has 5 nitrogen and oxygen atoms in total. The molecule has 3 N–H and O–H groups in total.